The first-order chi connectivity index (χ1) is 12.5. The number of benzene rings is 1. The molecule has 1 unspecified atom stereocenters. The van der Waals surface area contributed by atoms with Crippen LogP contribution in [0.5, 0.6) is 0 Å². The van der Waals surface area contributed by atoms with Gasteiger partial charge in [-0.1, -0.05) is 45.0 Å². The van der Waals surface area contributed by atoms with Crippen LogP contribution in [-0.2, 0) is 19.4 Å². The number of aromatic nitrogens is 3. The lowest BCUT2D eigenvalue weighted by Crippen LogP contribution is -2.40. The van der Waals surface area contributed by atoms with E-state index in [9.17, 15) is 0 Å². The number of hydrogen-bond acceptors (Lipinski definition) is 3. The fraction of sp³-hybridized carbons (Fsp3) is 0.550. The highest BCUT2D eigenvalue weighted by atomic mass is 15.3. The Morgan fingerprint density at radius 1 is 1.19 bits per heavy atom. The molecule has 0 fully saturated rings. The molecule has 142 valence electrons. The highest BCUT2D eigenvalue weighted by molar-refractivity contribution is 5.80. The molecule has 0 radical (unpaired) electrons. The Labute approximate surface area is 157 Å². The number of nitrogens with one attached hydrogen (secondary N) is 2. The molecule has 26 heavy (non-hydrogen) atoms. The smallest absolute Gasteiger partial charge is 0.191 e. The zero-order valence-corrected chi connectivity index (χ0v) is 16.7. The van der Waals surface area contributed by atoms with Crippen molar-refractivity contribution >= 4 is 5.96 Å². The largest absolute Gasteiger partial charge is 0.355 e. The van der Waals surface area contributed by atoms with Crippen LogP contribution in [0.1, 0.15) is 50.7 Å². The summed E-state index contributed by atoms with van der Waals surface area (Å²) in [4.78, 5) is 4.33. The van der Waals surface area contributed by atoms with Crippen LogP contribution in [0.25, 0.3) is 0 Å². The van der Waals surface area contributed by atoms with Crippen LogP contribution in [-0.4, -0.2) is 34.3 Å². The minimum atomic E-state index is 0.190. The van der Waals surface area contributed by atoms with E-state index in [4.69, 9.17) is 0 Å². The van der Waals surface area contributed by atoms with E-state index in [1.807, 2.05) is 0 Å². The van der Waals surface area contributed by atoms with Crippen LogP contribution in [0.15, 0.2) is 35.6 Å². The van der Waals surface area contributed by atoms with Crippen molar-refractivity contribution in [3.63, 3.8) is 0 Å². The van der Waals surface area contributed by atoms with Crippen molar-refractivity contribution in [3.8, 4) is 0 Å². The topological polar surface area (TPSA) is 67.1 Å². The van der Waals surface area contributed by atoms with E-state index < -0.39 is 0 Å². The molecule has 1 atom stereocenters. The lowest BCUT2D eigenvalue weighted by atomic mass is 10.00. The van der Waals surface area contributed by atoms with Crippen LogP contribution >= 0.6 is 0 Å². The minimum absolute atomic E-state index is 0.190. The Hall–Kier alpha value is -2.37. The van der Waals surface area contributed by atoms with Crippen LogP contribution in [0.2, 0.25) is 0 Å². The van der Waals surface area contributed by atoms with Gasteiger partial charge >= 0.3 is 0 Å². The highest BCUT2D eigenvalue weighted by Gasteiger charge is 2.08. The highest BCUT2D eigenvalue weighted by Crippen LogP contribution is 2.15. The molecule has 1 heterocycles. The van der Waals surface area contributed by atoms with Crippen molar-refractivity contribution in [1.29, 1.82) is 0 Å². The molecule has 1 aromatic heterocycles. The lowest BCUT2D eigenvalue weighted by Gasteiger charge is -2.19. The van der Waals surface area contributed by atoms with Gasteiger partial charge in [0.15, 0.2) is 5.96 Å². The number of aryl methyl sites for hydroxylation is 1. The molecular formula is C20H32N6. The van der Waals surface area contributed by atoms with E-state index in [2.05, 4.69) is 82.4 Å². The maximum absolute atomic E-state index is 4.33. The number of guanidine groups is 1. The Bertz CT molecular complexity index is 687. The predicted octanol–water partition coefficient (Wildman–Crippen LogP) is 2.97. The van der Waals surface area contributed by atoms with Gasteiger partial charge in [-0.2, -0.15) is 0 Å². The first-order valence-electron chi connectivity index (χ1n) is 9.46. The molecule has 6 heteroatoms. The van der Waals surface area contributed by atoms with Gasteiger partial charge in [-0.3, -0.25) is 4.99 Å². The molecule has 6 nitrogen and oxygen atoms in total. The summed E-state index contributed by atoms with van der Waals surface area (Å²) in [6.45, 7) is 10.3. The van der Waals surface area contributed by atoms with Crippen molar-refractivity contribution in [2.24, 2.45) is 10.9 Å². The lowest BCUT2D eigenvalue weighted by molar-refractivity contribution is 0.620. The molecule has 0 bridgehead atoms. The third kappa shape index (κ3) is 5.86. The van der Waals surface area contributed by atoms with Crippen LogP contribution < -0.4 is 10.6 Å². The van der Waals surface area contributed by atoms with Gasteiger partial charge in [0.1, 0.15) is 12.2 Å². The van der Waals surface area contributed by atoms with E-state index >= 15 is 0 Å². The van der Waals surface area contributed by atoms with Gasteiger partial charge in [0.2, 0.25) is 0 Å². The molecule has 0 spiro atoms. The number of hydrogen-bond donors (Lipinski definition) is 2. The quantitative estimate of drug-likeness (QED) is 0.564. The molecule has 0 aliphatic carbocycles. The Morgan fingerprint density at radius 2 is 1.92 bits per heavy atom. The van der Waals surface area contributed by atoms with Crippen molar-refractivity contribution in [2.45, 2.75) is 53.1 Å². The maximum atomic E-state index is 4.33. The second-order valence-electron chi connectivity index (χ2n) is 7.00. The van der Waals surface area contributed by atoms with Crippen LogP contribution in [0, 0.1) is 5.92 Å². The Balaban J connectivity index is 1.84. The summed E-state index contributed by atoms with van der Waals surface area (Å²) in [6.07, 6.45) is 3.78. The monoisotopic (exact) mass is 356 g/mol. The summed E-state index contributed by atoms with van der Waals surface area (Å²) in [6, 6.07) is 9.04. The molecule has 0 saturated heterocycles. The minimum Gasteiger partial charge on any atom is -0.355 e. The summed E-state index contributed by atoms with van der Waals surface area (Å²) >= 11 is 0. The molecule has 0 amide bonds. The van der Waals surface area contributed by atoms with E-state index in [1.54, 1.807) is 13.4 Å². The zero-order valence-electron chi connectivity index (χ0n) is 16.7. The molecule has 1 aromatic carbocycles. The van der Waals surface area contributed by atoms with Crippen LogP contribution in [0.4, 0.5) is 0 Å². The van der Waals surface area contributed by atoms with E-state index in [0.29, 0.717) is 5.92 Å². The molecule has 2 rings (SSSR count). The van der Waals surface area contributed by atoms with Gasteiger partial charge in [-0.05, 0) is 30.4 Å². The van der Waals surface area contributed by atoms with Gasteiger partial charge < -0.3 is 15.2 Å². The SMILES string of the molecule is CCc1nncn1CCNC(=NC)NC(C)c1ccc(CC(C)C)cc1. The molecule has 2 aromatic rings. The first-order valence-corrected chi connectivity index (χ1v) is 9.46. The van der Waals surface area contributed by atoms with Crippen molar-refractivity contribution in [1.82, 2.24) is 25.4 Å². The second kappa shape index (κ2) is 9.94. The summed E-state index contributed by atoms with van der Waals surface area (Å²) in [7, 11) is 1.80. The fourth-order valence-corrected chi connectivity index (χ4v) is 2.93. The third-order valence-electron chi connectivity index (χ3n) is 4.36. The molecular weight excluding hydrogens is 324 g/mol. The summed E-state index contributed by atoms with van der Waals surface area (Å²) in [5.74, 6) is 2.48. The average molecular weight is 357 g/mol. The van der Waals surface area contributed by atoms with Crippen LogP contribution in [0.3, 0.4) is 0 Å². The van der Waals surface area contributed by atoms with Crippen molar-refractivity contribution in [3.05, 3.63) is 47.5 Å². The van der Waals surface area contributed by atoms with Gasteiger partial charge in [-0.25, -0.2) is 0 Å². The second-order valence-corrected chi connectivity index (χ2v) is 7.00. The molecule has 0 saturated carbocycles. The Kier molecular flexibility index (Phi) is 7.63. The summed E-state index contributed by atoms with van der Waals surface area (Å²) in [5, 5.41) is 14.9. The van der Waals surface area contributed by atoms with E-state index in [-0.39, 0.29) is 6.04 Å². The summed E-state index contributed by atoms with van der Waals surface area (Å²) < 4.78 is 2.07. The standard InChI is InChI=1S/C20H32N6/c1-6-19-25-23-14-26(19)12-11-22-20(21-5)24-16(4)18-9-7-17(8-10-18)13-15(2)3/h7-10,14-16H,6,11-13H2,1-5H3,(H2,21,22,24). The fourth-order valence-electron chi connectivity index (χ4n) is 2.93. The van der Waals surface area contributed by atoms with Gasteiger partial charge in [-0.15, -0.1) is 10.2 Å². The van der Waals surface area contributed by atoms with Crippen molar-refractivity contribution in [2.75, 3.05) is 13.6 Å². The zero-order chi connectivity index (χ0) is 18.9. The van der Waals surface area contributed by atoms with Gasteiger partial charge in [0.05, 0.1) is 6.04 Å². The van der Waals surface area contributed by atoms with Gasteiger partial charge in [0, 0.05) is 26.6 Å². The molecule has 0 aliphatic heterocycles. The van der Waals surface area contributed by atoms with Crippen molar-refractivity contribution < 1.29 is 0 Å². The predicted molar refractivity (Wildman–Crippen MR) is 107 cm³/mol. The number of aliphatic imine (C=N–C) groups is 1. The molecule has 2 N–H and O–H groups in total. The maximum Gasteiger partial charge on any atom is 0.191 e. The Morgan fingerprint density at radius 3 is 2.54 bits per heavy atom. The molecule has 0 aliphatic rings. The van der Waals surface area contributed by atoms with Gasteiger partial charge in [0.25, 0.3) is 0 Å². The van der Waals surface area contributed by atoms with E-state index in [1.165, 1.54) is 11.1 Å². The van der Waals surface area contributed by atoms with E-state index in [0.717, 1.165) is 37.7 Å². The first kappa shape index (κ1) is 19.9. The normalized spacial score (nSPS) is 13.1. The summed E-state index contributed by atoms with van der Waals surface area (Å²) in [5.41, 5.74) is 2.65. The number of rotatable bonds is 8. The third-order valence-corrected chi connectivity index (χ3v) is 4.36. The number of nitrogens with zero attached hydrogens (tertiary/aromatic N) is 4. The average Bonchev–Trinajstić information content (AvgIpc) is 3.08.